The second-order valence-corrected chi connectivity index (χ2v) is 5.23. The van der Waals surface area contributed by atoms with E-state index < -0.39 is 0 Å². The third kappa shape index (κ3) is 3.47. The van der Waals surface area contributed by atoms with E-state index in [2.05, 4.69) is 22.1 Å². The molecule has 0 aliphatic carbocycles. The second-order valence-electron chi connectivity index (χ2n) is 4.33. The van der Waals surface area contributed by atoms with Crippen molar-refractivity contribution < 1.29 is 0 Å². The van der Waals surface area contributed by atoms with E-state index in [0.717, 1.165) is 11.7 Å². The van der Waals surface area contributed by atoms with E-state index in [1.54, 1.807) is 11.3 Å². The molecule has 1 unspecified atom stereocenters. The lowest BCUT2D eigenvalue weighted by Gasteiger charge is -2.20. The third-order valence-electron chi connectivity index (χ3n) is 2.80. The normalized spacial score (nSPS) is 19.3. The molecule has 1 aromatic heterocycles. The zero-order valence-corrected chi connectivity index (χ0v) is 10.1. The molecule has 2 rings (SSSR count). The number of nitrogens with one attached hydrogen (secondary N) is 1. The van der Waals surface area contributed by atoms with Crippen LogP contribution in [0, 0.1) is 5.92 Å². The van der Waals surface area contributed by atoms with Gasteiger partial charge in [-0.3, -0.25) is 0 Å². The fourth-order valence-electron chi connectivity index (χ4n) is 2.04. The van der Waals surface area contributed by atoms with Crippen LogP contribution in [0.4, 0.5) is 5.13 Å². The van der Waals surface area contributed by atoms with E-state index in [9.17, 15) is 0 Å². The minimum atomic E-state index is 0.701. The highest BCUT2D eigenvalue weighted by Crippen LogP contribution is 2.13. The molecule has 1 aliphatic rings. The average molecular weight is 225 g/mol. The Morgan fingerprint density at radius 1 is 1.53 bits per heavy atom. The van der Waals surface area contributed by atoms with Crippen LogP contribution in [0.1, 0.15) is 19.8 Å². The fraction of sp³-hybridized carbons (Fsp3) is 0.727. The molecule has 1 fully saturated rings. The Morgan fingerprint density at radius 2 is 2.33 bits per heavy atom. The summed E-state index contributed by atoms with van der Waals surface area (Å²) in [7, 11) is 0. The lowest BCUT2D eigenvalue weighted by molar-refractivity contribution is 0.294. The Kier molecular flexibility index (Phi) is 3.97. The number of hydrogen-bond acceptors (Lipinski definition) is 4. The molecule has 84 valence electrons. The van der Waals surface area contributed by atoms with Crippen LogP contribution in [0.25, 0.3) is 0 Å². The van der Waals surface area contributed by atoms with Crippen LogP contribution >= 0.6 is 11.3 Å². The van der Waals surface area contributed by atoms with Gasteiger partial charge in [-0.05, 0) is 31.8 Å². The lowest BCUT2D eigenvalue weighted by atomic mass is 10.2. The zero-order chi connectivity index (χ0) is 10.5. The van der Waals surface area contributed by atoms with Crippen molar-refractivity contribution in [3.63, 3.8) is 0 Å². The SMILES string of the molecule is CC(CNc1nccs1)CN1CCCC1. The maximum Gasteiger partial charge on any atom is 0.182 e. The first-order chi connectivity index (χ1) is 7.34. The number of aromatic nitrogens is 1. The molecule has 0 spiro atoms. The van der Waals surface area contributed by atoms with Crippen molar-refractivity contribution in [2.24, 2.45) is 5.92 Å². The molecular formula is C11H19N3S. The van der Waals surface area contributed by atoms with E-state index in [0.29, 0.717) is 5.92 Å². The first-order valence-electron chi connectivity index (χ1n) is 5.70. The van der Waals surface area contributed by atoms with Gasteiger partial charge in [0.25, 0.3) is 0 Å². The molecule has 1 atom stereocenters. The predicted octanol–water partition coefficient (Wildman–Crippen LogP) is 2.29. The molecule has 0 aromatic carbocycles. The van der Waals surface area contributed by atoms with Crippen LogP contribution in [0.2, 0.25) is 0 Å². The minimum absolute atomic E-state index is 0.701. The first kappa shape index (κ1) is 10.9. The molecule has 15 heavy (non-hydrogen) atoms. The molecule has 0 amide bonds. The molecule has 3 nitrogen and oxygen atoms in total. The monoisotopic (exact) mass is 225 g/mol. The quantitative estimate of drug-likeness (QED) is 0.833. The standard InChI is InChI=1S/C11H19N3S/c1-10(9-14-5-2-3-6-14)8-13-11-12-4-7-15-11/h4,7,10H,2-3,5-6,8-9H2,1H3,(H,12,13). The summed E-state index contributed by atoms with van der Waals surface area (Å²) in [5.74, 6) is 0.701. The van der Waals surface area contributed by atoms with Crippen LogP contribution in [-0.4, -0.2) is 36.1 Å². The van der Waals surface area contributed by atoms with Gasteiger partial charge in [0, 0.05) is 24.7 Å². The molecule has 2 heterocycles. The van der Waals surface area contributed by atoms with Gasteiger partial charge in [0.15, 0.2) is 5.13 Å². The van der Waals surface area contributed by atoms with E-state index in [1.165, 1.54) is 32.5 Å². The molecule has 1 aliphatic heterocycles. The Morgan fingerprint density at radius 3 is 3.00 bits per heavy atom. The summed E-state index contributed by atoms with van der Waals surface area (Å²) in [4.78, 5) is 6.78. The van der Waals surface area contributed by atoms with Gasteiger partial charge in [-0.15, -0.1) is 11.3 Å². The maximum atomic E-state index is 4.21. The van der Waals surface area contributed by atoms with Crippen LogP contribution < -0.4 is 5.32 Å². The Bertz CT molecular complexity index is 267. The molecule has 4 heteroatoms. The topological polar surface area (TPSA) is 28.2 Å². The van der Waals surface area contributed by atoms with Gasteiger partial charge < -0.3 is 10.2 Å². The van der Waals surface area contributed by atoms with E-state index in [1.807, 2.05) is 11.6 Å². The predicted molar refractivity (Wildman–Crippen MR) is 65.4 cm³/mol. The molecule has 1 aromatic rings. The van der Waals surface area contributed by atoms with Gasteiger partial charge in [-0.25, -0.2) is 4.98 Å². The molecule has 0 saturated carbocycles. The lowest BCUT2D eigenvalue weighted by Crippen LogP contribution is -2.28. The molecule has 1 N–H and O–H groups in total. The maximum absolute atomic E-state index is 4.21. The minimum Gasteiger partial charge on any atom is -0.361 e. The van der Waals surface area contributed by atoms with Crippen molar-refractivity contribution in [1.29, 1.82) is 0 Å². The summed E-state index contributed by atoms with van der Waals surface area (Å²) in [5, 5.41) is 6.43. The molecule has 0 radical (unpaired) electrons. The van der Waals surface area contributed by atoms with E-state index >= 15 is 0 Å². The van der Waals surface area contributed by atoms with Gasteiger partial charge in [0.2, 0.25) is 0 Å². The Balaban J connectivity index is 1.66. The largest absolute Gasteiger partial charge is 0.361 e. The van der Waals surface area contributed by atoms with Gasteiger partial charge in [-0.1, -0.05) is 6.92 Å². The van der Waals surface area contributed by atoms with Crippen molar-refractivity contribution in [3.8, 4) is 0 Å². The van der Waals surface area contributed by atoms with Crippen LogP contribution in [-0.2, 0) is 0 Å². The number of anilines is 1. The van der Waals surface area contributed by atoms with Crippen LogP contribution in [0.15, 0.2) is 11.6 Å². The smallest absolute Gasteiger partial charge is 0.182 e. The van der Waals surface area contributed by atoms with Gasteiger partial charge in [0.1, 0.15) is 0 Å². The highest BCUT2D eigenvalue weighted by Gasteiger charge is 2.14. The van der Waals surface area contributed by atoms with E-state index in [-0.39, 0.29) is 0 Å². The first-order valence-corrected chi connectivity index (χ1v) is 6.58. The summed E-state index contributed by atoms with van der Waals surface area (Å²) in [6, 6.07) is 0. The summed E-state index contributed by atoms with van der Waals surface area (Å²) < 4.78 is 0. The second kappa shape index (κ2) is 5.47. The molecular weight excluding hydrogens is 206 g/mol. The van der Waals surface area contributed by atoms with Crippen LogP contribution in [0.3, 0.4) is 0 Å². The van der Waals surface area contributed by atoms with Crippen molar-refractivity contribution in [1.82, 2.24) is 9.88 Å². The van der Waals surface area contributed by atoms with Crippen LogP contribution in [0.5, 0.6) is 0 Å². The fourth-order valence-corrected chi connectivity index (χ4v) is 2.58. The number of nitrogens with zero attached hydrogens (tertiary/aromatic N) is 2. The summed E-state index contributed by atoms with van der Waals surface area (Å²) >= 11 is 1.67. The van der Waals surface area contributed by atoms with Gasteiger partial charge in [-0.2, -0.15) is 0 Å². The molecule has 0 bridgehead atoms. The van der Waals surface area contributed by atoms with Crippen molar-refractivity contribution in [3.05, 3.63) is 11.6 Å². The van der Waals surface area contributed by atoms with Crippen molar-refractivity contribution in [2.45, 2.75) is 19.8 Å². The third-order valence-corrected chi connectivity index (χ3v) is 3.53. The number of thiazole rings is 1. The van der Waals surface area contributed by atoms with Gasteiger partial charge >= 0.3 is 0 Å². The highest BCUT2D eigenvalue weighted by atomic mass is 32.1. The summed E-state index contributed by atoms with van der Waals surface area (Å²) in [6.07, 6.45) is 4.61. The zero-order valence-electron chi connectivity index (χ0n) is 9.28. The molecule has 1 saturated heterocycles. The van der Waals surface area contributed by atoms with Crippen molar-refractivity contribution in [2.75, 3.05) is 31.5 Å². The Hall–Kier alpha value is -0.610. The van der Waals surface area contributed by atoms with Crippen molar-refractivity contribution >= 4 is 16.5 Å². The summed E-state index contributed by atoms with van der Waals surface area (Å²) in [5.41, 5.74) is 0. The van der Waals surface area contributed by atoms with Gasteiger partial charge in [0.05, 0.1) is 0 Å². The number of hydrogen-bond donors (Lipinski definition) is 1. The number of rotatable bonds is 5. The van der Waals surface area contributed by atoms with E-state index in [4.69, 9.17) is 0 Å². The average Bonchev–Trinajstić information content (AvgIpc) is 2.86. The Labute approximate surface area is 95.5 Å². The number of likely N-dealkylation sites (tertiary alicyclic amines) is 1. The highest BCUT2D eigenvalue weighted by molar-refractivity contribution is 7.13. The summed E-state index contributed by atoms with van der Waals surface area (Å²) in [6.45, 7) is 7.14.